The molecule has 0 aliphatic heterocycles. The monoisotopic (exact) mass is 319 g/mol. The molecule has 2 aromatic rings. The van der Waals surface area contributed by atoms with Crippen LogP contribution in [-0.4, -0.2) is 17.5 Å². The molecule has 1 amide bonds. The number of hydrogen-bond donors (Lipinski definition) is 1. The average molecular weight is 319 g/mol. The van der Waals surface area contributed by atoms with Gasteiger partial charge in [0.25, 0.3) is 5.91 Å². The lowest BCUT2D eigenvalue weighted by Gasteiger charge is -2.05. The largest absolute Gasteiger partial charge is 0.490 e. The highest BCUT2D eigenvalue weighted by molar-refractivity contribution is 6.01. The summed E-state index contributed by atoms with van der Waals surface area (Å²) in [5, 5.41) is 11.9. The highest BCUT2D eigenvalue weighted by Crippen LogP contribution is 2.14. The predicted octanol–water partition coefficient (Wildman–Crippen LogP) is 2.87. The van der Waals surface area contributed by atoms with Gasteiger partial charge >= 0.3 is 0 Å². The molecule has 0 aliphatic rings. The molecule has 1 N–H and O–H groups in total. The maximum Gasteiger partial charge on any atom is 0.262 e. The van der Waals surface area contributed by atoms with Gasteiger partial charge in [-0.3, -0.25) is 9.78 Å². The highest BCUT2D eigenvalue weighted by atomic mass is 16.5. The first-order valence-corrected chi connectivity index (χ1v) is 7.35. The molecule has 120 valence electrons. The van der Waals surface area contributed by atoms with Crippen LogP contribution in [0.25, 0.3) is 6.08 Å². The Morgan fingerprint density at radius 2 is 2.12 bits per heavy atom. The zero-order valence-electron chi connectivity index (χ0n) is 13.1. The van der Waals surface area contributed by atoms with Crippen LogP contribution in [0.3, 0.4) is 0 Å². The van der Waals surface area contributed by atoms with Gasteiger partial charge in [-0.1, -0.05) is 30.9 Å². The number of amides is 1. The first kappa shape index (κ1) is 17.0. The molecule has 2 rings (SSSR count). The van der Waals surface area contributed by atoms with Crippen molar-refractivity contribution in [2.45, 2.75) is 6.54 Å². The Balaban J connectivity index is 2.01. The smallest absolute Gasteiger partial charge is 0.262 e. The van der Waals surface area contributed by atoms with Crippen molar-refractivity contribution in [3.63, 3.8) is 0 Å². The summed E-state index contributed by atoms with van der Waals surface area (Å²) in [7, 11) is 0. The van der Waals surface area contributed by atoms with Crippen molar-refractivity contribution in [1.29, 1.82) is 5.26 Å². The van der Waals surface area contributed by atoms with Crippen LogP contribution in [-0.2, 0) is 11.3 Å². The fourth-order valence-corrected chi connectivity index (χ4v) is 1.91. The molecule has 5 heteroatoms. The SMILES string of the molecule is C=CCOc1ccc(/C=C(\C#N)C(=O)NCc2cccnc2)cc1. The summed E-state index contributed by atoms with van der Waals surface area (Å²) in [5.74, 6) is 0.278. The number of carbonyl (C=O) groups excluding carboxylic acids is 1. The van der Waals surface area contributed by atoms with Crippen molar-refractivity contribution in [3.8, 4) is 11.8 Å². The topological polar surface area (TPSA) is 75.0 Å². The van der Waals surface area contributed by atoms with Gasteiger partial charge in [0, 0.05) is 18.9 Å². The van der Waals surface area contributed by atoms with Gasteiger partial charge in [0.15, 0.2) is 0 Å². The summed E-state index contributed by atoms with van der Waals surface area (Å²) in [6.07, 6.45) is 6.52. The first-order chi connectivity index (χ1) is 11.7. The van der Waals surface area contributed by atoms with E-state index in [0.29, 0.717) is 18.9 Å². The Hall–Kier alpha value is -3.39. The summed E-state index contributed by atoms with van der Waals surface area (Å²) in [6, 6.07) is 12.7. The average Bonchev–Trinajstić information content (AvgIpc) is 2.64. The number of hydrogen-bond acceptors (Lipinski definition) is 4. The van der Waals surface area contributed by atoms with E-state index >= 15 is 0 Å². The van der Waals surface area contributed by atoms with Gasteiger partial charge in [-0.05, 0) is 35.4 Å². The van der Waals surface area contributed by atoms with E-state index in [2.05, 4.69) is 16.9 Å². The Labute approximate surface area is 140 Å². The molecule has 0 fully saturated rings. The van der Waals surface area contributed by atoms with Crippen LogP contribution < -0.4 is 10.1 Å². The first-order valence-electron chi connectivity index (χ1n) is 7.35. The summed E-state index contributed by atoms with van der Waals surface area (Å²) in [6.45, 7) is 4.33. The number of nitrogens with zero attached hydrogens (tertiary/aromatic N) is 2. The molecule has 0 bridgehead atoms. The lowest BCUT2D eigenvalue weighted by molar-refractivity contribution is -0.117. The molecule has 24 heavy (non-hydrogen) atoms. The number of nitrogens with one attached hydrogen (secondary N) is 1. The number of nitriles is 1. The third-order valence-electron chi connectivity index (χ3n) is 3.10. The van der Waals surface area contributed by atoms with E-state index < -0.39 is 5.91 Å². The van der Waals surface area contributed by atoms with Crippen molar-refractivity contribution < 1.29 is 9.53 Å². The molecule has 1 aromatic carbocycles. The lowest BCUT2D eigenvalue weighted by Crippen LogP contribution is -2.23. The fourth-order valence-electron chi connectivity index (χ4n) is 1.91. The molecule has 0 saturated heterocycles. The summed E-state index contributed by atoms with van der Waals surface area (Å²) >= 11 is 0. The van der Waals surface area contributed by atoms with E-state index in [-0.39, 0.29) is 5.57 Å². The number of ether oxygens (including phenoxy) is 1. The van der Waals surface area contributed by atoms with Gasteiger partial charge in [0.1, 0.15) is 24.0 Å². The normalized spacial score (nSPS) is 10.5. The quantitative estimate of drug-likeness (QED) is 0.484. The maximum absolute atomic E-state index is 12.1. The number of rotatable bonds is 7. The molecule has 0 atom stereocenters. The third-order valence-corrected chi connectivity index (χ3v) is 3.10. The van der Waals surface area contributed by atoms with Crippen LogP contribution in [0.15, 0.2) is 67.0 Å². The van der Waals surface area contributed by atoms with Crippen LogP contribution in [0.4, 0.5) is 0 Å². The van der Waals surface area contributed by atoms with Gasteiger partial charge in [0.05, 0.1) is 0 Å². The molecule has 1 heterocycles. The molecule has 5 nitrogen and oxygen atoms in total. The van der Waals surface area contributed by atoms with Gasteiger partial charge in [-0.2, -0.15) is 5.26 Å². The highest BCUT2D eigenvalue weighted by Gasteiger charge is 2.08. The predicted molar refractivity (Wildman–Crippen MR) is 91.8 cm³/mol. The van der Waals surface area contributed by atoms with Crippen molar-refractivity contribution in [2.24, 2.45) is 0 Å². The Morgan fingerprint density at radius 3 is 2.75 bits per heavy atom. The zero-order chi connectivity index (χ0) is 17.2. The maximum atomic E-state index is 12.1. The summed E-state index contributed by atoms with van der Waals surface area (Å²) in [4.78, 5) is 16.1. The van der Waals surface area contributed by atoms with Gasteiger partial charge in [-0.15, -0.1) is 0 Å². The van der Waals surface area contributed by atoms with Gasteiger partial charge < -0.3 is 10.1 Å². The van der Waals surface area contributed by atoms with E-state index in [4.69, 9.17) is 4.74 Å². The molecular formula is C19H17N3O2. The van der Waals surface area contributed by atoms with E-state index in [1.165, 1.54) is 6.08 Å². The Bertz CT molecular complexity index is 759. The van der Waals surface area contributed by atoms with Crippen LogP contribution in [0.5, 0.6) is 5.75 Å². The standard InChI is InChI=1S/C19H17N3O2/c1-2-10-24-18-7-5-15(6-8-18)11-17(12-20)19(23)22-14-16-4-3-9-21-13-16/h2-9,11,13H,1,10,14H2,(H,22,23)/b17-11+. The van der Waals surface area contributed by atoms with E-state index in [9.17, 15) is 10.1 Å². The minimum atomic E-state index is -0.423. The Morgan fingerprint density at radius 1 is 1.33 bits per heavy atom. The molecule has 0 saturated carbocycles. The third kappa shape index (κ3) is 5.11. The molecule has 0 unspecified atom stereocenters. The van der Waals surface area contributed by atoms with Crippen LogP contribution >= 0.6 is 0 Å². The number of pyridine rings is 1. The van der Waals surface area contributed by atoms with Crippen LogP contribution in [0, 0.1) is 11.3 Å². The minimum Gasteiger partial charge on any atom is -0.490 e. The summed E-state index contributed by atoms with van der Waals surface area (Å²) < 4.78 is 5.39. The van der Waals surface area contributed by atoms with Crippen molar-refractivity contribution in [2.75, 3.05) is 6.61 Å². The minimum absolute atomic E-state index is 0.0404. The van der Waals surface area contributed by atoms with E-state index in [1.54, 1.807) is 48.8 Å². The van der Waals surface area contributed by atoms with E-state index in [1.807, 2.05) is 12.1 Å². The number of aromatic nitrogens is 1. The second-order valence-electron chi connectivity index (χ2n) is 4.88. The molecule has 0 radical (unpaired) electrons. The second kappa shape index (κ2) is 8.91. The van der Waals surface area contributed by atoms with Crippen molar-refractivity contribution >= 4 is 12.0 Å². The zero-order valence-corrected chi connectivity index (χ0v) is 13.1. The van der Waals surface area contributed by atoms with E-state index in [0.717, 1.165) is 11.1 Å². The lowest BCUT2D eigenvalue weighted by atomic mass is 10.1. The van der Waals surface area contributed by atoms with Gasteiger partial charge in [-0.25, -0.2) is 0 Å². The molecule has 0 aliphatic carbocycles. The number of benzene rings is 1. The molecular weight excluding hydrogens is 302 g/mol. The molecule has 0 spiro atoms. The van der Waals surface area contributed by atoms with Gasteiger partial charge in [0.2, 0.25) is 0 Å². The second-order valence-corrected chi connectivity index (χ2v) is 4.88. The van der Waals surface area contributed by atoms with Crippen LogP contribution in [0.1, 0.15) is 11.1 Å². The van der Waals surface area contributed by atoms with Crippen LogP contribution in [0.2, 0.25) is 0 Å². The fraction of sp³-hybridized carbons (Fsp3) is 0.105. The summed E-state index contributed by atoms with van der Waals surface area (Å²) in [5.41, 5.74) is 1.65. The van der Waals surface area contributed by atoms with Crippen molar-refractivity contribution in [3.05, 3.63) is 78.1 Å². The molecule has 1 aromatic heterocycles. The van der Waals surface area contributed by atoms with Crippen molar-refractivity contribution in [1.82, 2.24) is 10.3 Å². The Kier molecular flexibility index (Phi) is 6.30. The number of carbonyl (C=O) groups is 1.